The molecule has 1 heterocycles. The number of amides is 1. The third-order valence-corrected chi connectivity index (χ3v) is 3.05. The van der Waals surface area contributed by atoms with E-state index in [2.05, 4.69) is 5.10 Å². The fourth-order valence-electron chi connectivity index (χ4n) is 2.10. The van der Waals surface area contributed by atoms with Crippen LogP contribution in [0.5, 0.6) is 0 Å². The van der Waals surface area contributed by atoms with Crippen molar-refractivity contribution >= 4 is 17.5 Å². The first-order valence-corrected chi connectivity index (χ1v) is 6.44. The average Bonchev–Trinajstić information content (AvgIpc) is 2.98. The van der Waals surface area contributed by atoms with Crippen LogP contribution >= 0.6 is 0 Å². The molecule has 1 aromatic heterocycles. The Morgan fingerprint density at radius 1 is 0.952 bits per heavy atom. The van der Waals surface area contributed by atoms with Crippen LogP contribution in [-0.4, -0.2) is 21.0 Å². The second-order valence-corrected chi connectivity index (χ2v) is 4.43. The maximum Gasteiger partial charge on any atom is 0.416 e. The molecule has 0 saturated heterocycles. The van der Waals surface area contributed by atoms with Gasteiger partial charge < -0.3 is 5.11 Å². The summed E-state index contributed by atoms with van der Waals surface area (Å²) in [5.74, 6) is 0. The zero-order valence-electron chi connectivity index (χ0n) is 11.1. The number of hydrogen-bond donors (Lipinski definition) is 1. The van der Waals surface area contributed by atoms with E-state index in [4.69, 9.17) is 0 Å². The zero-order valence-corrected chi connectivity index (χ0v) is 11.1. The van der Waals surface area contributed by atoms with Crippen LogP contribution in [0.2, 0.25) is 0 Å². The molecule has 5 heteroatoms. The van der Waals surface area contributed by atoms with Crippen LogP contribution < -0.4 is 4.90 Å². The first kappa shape index (κ1) is 12.9. The SMILES string of the molecule is O=C(O)N(c1ccccc1)c1cnn(-c2ccccc2)c1. The molecule has 0 radical (unpaired) electrons. The largest absolute Gasteiger partial charge is 0.464 e. The summed E-state index contributed by atoms with van der Waals surface area (Å²) < 4.78 is 1.65. The quantitative estimate of drug-likeness (QED) is 0.795. The van der Waals surface area contributed by atoms with Crippen molar-refractivity contribution in [3.05, 3.63) is 73.1 Å². The molecule has 0 spiro atoms. The Morgan fingerprint density at radius 3 is 2.19 bits per heavy atom. The van der Waals surface area contributed by atoms with E-state index in [1.807, 2.05) is 36.4 Å². The summed E-state index contributed by atoms with van der Waals surface area (Å²) >= 11 is 0. The van der Waals surface area contributed by atoms with Crippen molar-refractivity contribution in [3.8, 4) is 5.69 Å². The molecule has 0 aliphatic heterocycles. The number of aromatic nitrogens is 2. The second-order valence-electron chi connectivity index (χ2n) is 4.43. The molecule has 0 unspecified atom stereocenters. The molecule has 5 nitrogen and oxygen atoms in total. The molecule has 0 atom stereocenters. The van der Waals surface area contributed by atoms with Crippen LogP contribution in [0, 0.1) is 0 Å². The molecular weight excluding hydrogens is 266 g/mol. The molecule has 0 aliphatic rings. The van der Waals surface area contributed by atoms with Gasteiger partial charge in [-0.05, 0) is 24.3 Å². The van der Waals surface area contributed by atoms with Gasteiger partial charge in [0, 0.05) is 0 Å². The van der Waals surface area contributed by atoms with E-state index in [1.165, 1.54) is 11.1 Å². The fourth-order valence-corrected chi connectivity index (χ4v) is 2.10. The van der Waals surface area contributed by atoms with Gasteiger partial charge in [-0.1, -0.05) is 36.4 Å². The van der Waals surface area contributed by atoms with Crippen LogP contribution in [0.15, 0.2) is 73.1 Å². The predicted molar refractivity (Wildman–Crippen MR) is 80.2 cm³/mol. The second kappa shape index (κ2) is 5.50. The zero-order chi connectivity index (χ0) is 14.7. The highest BCUT2D eigenvalue weighted by Crippen LogP contribution is 2.25. The monoisotopic (exact) mass is 279 g/mol. The number of carboxylic acid groups (broad SMARTS) is 1. The van der Waals surface area contributed by atoms with Crippen molar-refractivity contribution in [3.63, 3.8) is 0 Å². The molecule has 3 aromatic rings. The van der Waals surface area contributed by atoms with Gasteiger partial charge in [0.25, 0.3) is 0 Å². The van der Waals surface area contributed by atoms with E-state index in [9.17, 15) is 9.90 Å². The van der Waals surface area contributed by atoms with Gasteiger partial charge in [-0.3, -0.25) is 0 Å². The minimum atomic E-state index is -1.05. The Balaban J connectivity index is 1.99. The summed E-state index contributed by atoms with van der Waals surface area (Å²) in [6, 6.07) is 18.5. The fraction of sp³-hybridized carbons (Fsp3) is 0. The number of para-hydroxylation sites is 2. The first-order valence-electron chi connectivity index (χ1n) is 6.44. The molecule has 0 bridgehead atoms. The van der Waals surface area contributed by atoms with Gasteiger partial charge in [-0.2, -0.15) is 5.10 Å². The van der Waals surface area contributed by atoms with Gasteiger partial charge in [0.2, 0.25) is 0 Å². The molecular formula is C16H13N3O2. The lowest BCUT2D eigenvalue weighted by Gasteiger charge is -2.16. The number of anilines is 2. The van der Waals surface area contributed by atoms with Crippen LogP contribution in [0.4, 0.5) is 16.2 Å². The summed E-state index contributed by atoms with van der Waals surface area (Å²) in [7, 11) is 0. The van der Waals surface area contributed by atoms with Gasteiger partial charge >= 0.3 is 6.09 Å². The van der Waals surface area contributed by atoms with Crippen molar-refractivity contribution in [2.45, 2.75) is 0 Å². The number of carbonyl (C=O) groups is 1. The van der Waals surface area contributed by atoms with E-state index in [0.717, 1.165) is 5.69 Å². The molecule has 0 saturated carbocycles. The van der Waals surface area contributed by atoms with Crippen molar-refractivity contribution in [1.29, 1.82) is 0 Å². The lowest BCUT2D eigenvalue weighted by atomic mass is 10.3. The van der Waals surface area contributed by atoms with Crippen molar-refractivity contribution in [2.24, 2.45) is 0 Å². The lowest BCUT2D eigenvalue weighted by molar-refractivity contribution is 0.205. The van der Waals surface area contributed by atoms with E-state index < -0.39 is 6.09 Å². The molecule has 0 fully saturated rings. The Bertz CT molecular complexity index is 738. The first-order chi connectivity index (χ1) is 10.3. The summed E-state index contributed by atoms with van der Waals surface area (Å²) in [5, 5.41) is 13.7. The van der Waals surface area contributed by atoms with E-state index in [0.29, 0.717) is 11.4 Å². The van der Waals surface area contributed by atoms with Crippen molar-refractivity contribution in [2.75, 3.05) is 4.90 Å². The van der Waals surface area contributed by atoms with Crippen molar-refractivity contribution in [1.82, 2.24) is 9.78 Å². The van der Waals surface area contributed by atoms with E-state index in [1.54, 1.807) is 35.1 Å². The van der Waals surface area contributed by atoms with E-state index in [-0.39, 0.29) is 0 Å². The molecule has 1 amide bonds. The van der Waals surface area contributed by atoms with Crippen LogP contribution in [0.1, 0.15) is 0 Å². The third-order valence-electron chi connectivity index (χ3n) is 3.05. The number of nitrogens with zero attached hydrogens (tertiary/aromatic N) is 3. The highest BCUT2D eigenvalue weighted by molar-refractivity contribution is 5.94. The Kier molecular flexibility index (Phi) is 3.39. The topological polar surface area (TPSA) is 58.4 Å². The van der Waals surface area contributed by atoms with Crippen LogP contribution in [0.25, 0.3) is 5.69 Å². The summed E-state index contributed by atoms with van der Waals surface area (Å²) in [4.78, 5) is 12.7. The molecule has 1 N–H and O–H groups in total. The van der Waals surface area contributed by atoms with Crippen LogP contribution in [-0.2, 0) is 0 Å². The van der Waals surface area contributed by atoms with Gasteiger partial charge in [-0.15, -0.1) is 0 Å². The normalized spacial score (nSPS) is 10.3. The summed E-state index contributed by atoms with van der Waals surface area (Å²) in [6.45, 7) is 0. The maximum absolute atomic E-state index is 11.5. The van der Waals surface area contributed by atoms with Crippen molar-refractivity contribution < 1.29 is 9.90 Å². The Morgan fingerprint density at radius 2 is 1.57 bits per heavy atom. The summed E-state index contributed by atoms with van der Waals surface area (Å²) in [5.41, 5.74) is 1.96. The molecule has 104 valence electrons. The van der Waals surface area contributed by atoms with E-state index >= 15 is 0 Å². The van der Waals surface area contributed by atoms with Gasteiger partial charge in [-0.25, -0.2) is 14.4 Å². The maximum atomic E-state index is 11.5. The average molecular weight is 279 g/mol. The summed E-state index contributed by atoms with van der Waals surface area (Å²) in [6.07, 6.45) is 2.18. The molecule has 2 aromatic carbocycles. The highest BCUT2D eigenvalue weighted by Gasteiger charge is 2.18. The number of benzene rings is 2. The standard InChI is InChI=1S/C16H13N3O2/c20-16(21)19(14-9-5-2-6-10-14)15-11-17-18(12-15)13-7-3-1-4-8-13/h1-12H,(H,20,21). The molecule has 0 aliphatic carbocycles. The minimum Gasteiger partial charge on any atom is -0.464 e. The highest BCUT2D eigenvalue weighted by atomic mass is 16.4. The Hall–Kier alpha value is -3.08. The predicted octanol–water partition coefficient (Wildman–Crippen LogP) is 3.69. The smallest absolute Gasteiger partial charge is 0.416 e. The number of hydrogen-bond acceptors (Lipinski definition) is 2. The molecule has 21 heavy (non-hydrogen) atoms. The Labute approximate surface area is 121 Å². The van der Waals surface area contributed by atoms with Gasteiger partial charge in [0.1, 0.15) is 0 Å². The third kappa shape index (κ3) is 2.62. The van der Waals surface area contributed by atoms with Gasteiger partial charge in [0.15, 0.2) is 0 Å². The molecule has 3 rings (SSSR count). The minimum absolute atomic E-state index is 0.498. The lowest BCUT2D eigenvalue weighted by Crippen LogP contribution is -2.23. The number of rotatable bonds is 3. The van der Waals surface area contributed by atoms with Gasteiger partial charge in [0.05, 0.1) is 29.5 Å². The van der Waals surface area contributed by atoms with Crippen LogP contribution in [0.3, 0.4) is 0 Å².